The van der Waals surface area contributed by atoms with Crippen molar-refractivity contribution < 1.29 is 13.2 Å². The van der Waals surface area contributed by atoms with Gasteiger partial charge < -0.3 is 9.40 Å². The molecule has 0 saturated carbocycles. The third kappa shape index (κ3) is 1.60. The molecule has 5 heteroatoms. The van der Waals surface area contributed by atoms with Crippen LogP contribution in [0.25, 0.3) is 22.4 Å². The van der Waals surface area contributed by atoms with Gasteiger partial charge in [-0.05, 0) is 19.1 Å². The Hall–Kier alpha value is -2.17. The number of aryl methyl sites for hydroxylation is 1. The number of fused-ring (bicyclic) bond motifs is 1. The Labute approximate surface area is 95.1 Å². The van der Waals surface area contributed by atoms with E-state index in [0.717, 1.165) is 11.8 Å². The summed E-state index contributed by atoms with van der Waals surface area (Å²) in [6.07, 6.45) is 1.52. The number of furan rings is 1. The first-order valence-electron chi connectivity index (χ1n) is 5.04. The van der Waals surface area contributed by atoms with Gasteiger partial charge in [-0.15, -0.1) is 0 Å². The predicted octanol–water partition coefficient (Wildman–Crippen LogP) is 3.41. The Morgan fingerprint density at radius 2 is 2.06 bits per heavy atom. The molecule has 1 aromatic carbocycles. The van der Waals surface area contributed by atoms with Gasteiger partial charge in [0.25, 0.3) is 0 Å². The zero-order valence-electron chi connectivity index (χ0n) is 8.92. The number of halogens is 2. The molecular weight excluding hydrogens is 226 g/mol. The largest absolute Gasteiger partial charge is 0.469 e. The average molecular weight is 234 g/mol. The molecule has 0 unspecified atom stereocenters. The number of nitrogens with zero attached hydrogens (tertiary/aromatic N) is 1. The van der Waals surface area contributed by atoms with Crippen LogP contribution in [0.3, 0.4) is 0 Å². The van der Waals surface area contributed by atoms with E-state index < -0.39 is 11.6 Å². The van der Waals surface area contributed by atoms with Gasteiger partial charge in [0, 0.05) is 6.07 Å². The Bertz CT molecular complexity index is 700. The van der Waals surface area contributed by atoms with Crippen molar-refractivity contribution >= 4 is 11.0 Å². The van der Waals surface area contributed by atoms with E-state index in [1.165, 1.54) is 12.3 Å². The lowest BCUT2D eigenvalue weighted by Gasteiger charge is -1.90. The smallest absolute Gasteiger partial charge is 0.153 e. The Balaban J connectivity index is 2.23. The normalized spacial score (nSPS) is 11.2. The van der Waals surface area contributed by atoms with E-state index in [0.29, 0.717) is 16.9 Å². The summed E-state index contributed by atoms with van der Waals surface area (Å²) >= 11 is 0. The highest BCUT2D eigenvalue weighted by Gasteiger charge is 2.12. The molecule has 86 valence electrons. The minimum Gasteiger partial charge on any atom is -0.469 e. The summed E-state index contributed by atoms with van der Waals surface area (Å²) in [5.74, 6) is -0.121. The van der Waals surface area contributed by atoms with Crippen LogP contribution in [0.4, 0.5) is 8.78 Å². The minimum atomic E-state index is -0.678. The molecule has 0 amide bonds. The summed E-state index contributed by atoms with van der Waals surface area (Å²) in [5, 5.41) is 0. The van der Waals surface area contributed by atoms with Crippen LogP contribution in [0.1, 0.15) is 5.76 Å². The molecule has 3 rings (SSSR count). The second kappa shape index (κ2) is 3.41. The van der Waals surface area contributed by atoms with Crippen LogP contribution in [-0.4, -0.2) is 9.97 Å². The summed E-state index contributed by atoms with van der Waals surface area (Å²) in [4.78, 5) is 6.94. The van der Waals surface area contributed by atoms with Crippen LogP contribution in [0.2, 0.25) is 0 Å². The molecule has 0 saturated heterocycles. The van der Waals surface area contributed by atoms with Gasteiger partial charge in [-0.25, -0.2) is 13.8 Å². The number of hydrogen-bond donors (Lipinski definition) is 1. The van der Waals surface area contributed by atoms with Gasteiger partial charge in [0.05, 0.1) is 11.1 Å². The molecule has 0 aliphatic carbocycles. The van der Waals surface area contributed by atoms with Crippen LogP contribution in [0.15, 0.2) is 28.9 Å². The molecule has 0 aliphatic rings. The van der Waals surface area contributed by atoms with E-state index in [2.05, 4.69) is 9.97 Å². The number of H-pyrrole nitrogens is 1. The fourth-order valence-corrected chi connectivity index (χ4v) is 1.75. The molecule has 3 aromatic rings. The minimum absolute atomic E-state index is 0.125. The molecule has 0 bridgehead atoms. The topological polar surface area (TPSA) is 41.8 Å². The third-order valence-corrected chi connectivity index (χ3v) is 2.51. The monoisotopic (exact) mass is 234 g/mol. The molecule has 1 N–H and O–H groups in total. The summed E-state index contributed by atoms with van der Waals surface area (Å²) in [6.45, 7) is 1.80. The maximum atomic E-state index is 13.4. The lowest BCUT2D eigenvalue weighted by molar-refractivity contribution is 0.534. The van der Waals surface area contributed by atoms with Crippen LogP contribution >= 0.6 is 0 Å². The van der Waals surface area contributed by atoms with Crippen LogP contribution in [0, 0.1) is 18.6 Å². The zero-order valence-corrected chi connectivity index (χ0v) is 8.92. The third-order valence-electron chi connectivity index (χ3n) is 2.51. The number of benzene rings is 1. The van der Waals surface area contributed by atoms with E-state index in [-0.39, 0.29) is 5.52 Å². The SMILES string of the molecule is Cc1cc(-c2nc3c(F)cc(F)cc3[nH]2)co1. The van der Waals surface area contributed by atoms with Crippen molar-refractivity contribution in [1.82, 2.24) is 9.97 Å². The average Bonchev–Trinajstić information content (AvgIpc) is 2.83. The van der Waals surface area contributed by atoms with E-state index >= 15 is 0 Å². The molecule has 0 aliphatic heterocycles. The molecule has 2 aromatic heterocycles. The van der Waals surface area contributed by atoms with Crippen LogP contribution in [-0.2, 0) is 0 Å². The van der Waals surface area contributed by atoms with Crippen LogP contribution in [0.5, 0.6) is 0 Å². The first-order chi connectivity index (χ1) is 8.13. The predicted molar refractivity (Wildman–Crippen MR) is 58.4 cm³/mol. The van der Waals surface area contributed by atoms with Crippen molar-refractivity contribution in [3.63, 3.8) is 0 Å². The molecule has 17 heavy (non-hydrogen) atoms. The molecule has 0 atom stereocenters. The van der Waals surface area contributed by atoms with E-state index in [1.807, 2.05) is 0 Å². The molecule has 3 nitrogen and oxygen atoms in total. The zero-order chi connectivity index (χ0) is 12.0. The standard InChI is InChI=1S/C12H8F2N2O/c1-6-2-7(5-17-6)12-15-10-4-8(13)3-9(14)11(10)16-12/h2-5H,1H3,(H,15,16). The summed E-state index contributed by atoms with van der Waals surface area (Å²) < 4.78 is 31.6. The van der Waals surface area contributed by atoms with Crippen molar-refractivity contribution in [2.24, 2.45) is 0 Å². The number of hydrogen-bond acceptors (Lipinski definition) is 2. The Kier molecular flexibility index (Phi) is 2.01. The Morgan fingerprint density at radius 3 is 2.76 bits per heavy atom. The fraction of sp³-hybridized carbons (Fsp3) is 0.0833. The number of imidazole rings is 1. The highest BCUT2D eigenvalue weighted by Crippen LogP contribution is 2.24. The van der Waals surface area contributed by atoms with Gasteiger partial charge in [0.2, 0.25) is 0 Å². The second-order valence-corrected chi connectivity index (χ2v) is 3.82. The van der Waals surface area contributed by atoms with Gasteiger partial charge >= 0.3 is 0 Å². The highest BCUT2D eigenvalue weighted by molar-refractivity contribution is 5.79. The van der Waals surface area contributed by atoms with Crippen molar-refractivity contribution in [2.45, 2.75) is 6.92 Å². The number of aromatic amines is 1. The van der Waals surface area contributed by atoms with Gasteiger partial charge in [-0.1, -0.05) is 0 Å². The van der Waals surface area contributed by atoms with Crippen molar-refractivity contribution in [2.75, 3.05) is 0 Å². The summed E-state index contributed by atoms with van der Waals surface area (Å²) in [6, 6.07) is 3.79. The van der Waals surface area contributed by atoms with Crippen molar-refractivity contribution in [3.8, 4) is 11.4 Å². The van der Waals surface area contributed by atoms with Crippen LogP contribution < -0.4 is 0 Å². The maximum Gasteiger partial charge on any atom is 0.153 e. The molecule has 0 fully saturated rings. The van der Waals surface area contributed by atoms with Crippen molar-refractivity contribution in [3.05, 3.63) is 41.9 Å². The highest BCUT2D eigenvalue weighted by atomic mass is 19.1. The quantitative estimate of drug-likeness (QED) is 0.701. The van der Waals surface area contributed by atoms with E-state index in [9.17, 15) is 8.78 Å². The summed E-state index contributed by atoms with van der Waals surface area (Å²) in [7, 11) is 0. The number of nitrogens with one attached hydrogen (secondary N) is 1. The van der Waals surface area contributed by atoms with Gasteiger partial charge in [-0.2, -0.15) is 0 Å². The maximum absolute atomic E-state index is 13.4. The molecular formula is C12H8F2N2O. The number of rotatable bonds is 1. The van der Waals surface area contributed by atoms with Gasteiger partial charge in [0.1, 0.15) is 29.2 Å². The Morgan fingerprint density at radius 1 is 1.24 bits per heavy atom. The number of aromatic nitrogens is 2. The van der Waals surface area contributed by atoms with Gasteiger partial charge in [-0.3, -0.25) is 0 Å². The molecule has 0 spiro atoms. The first-order valence-corrected chi connectivity index (χ1v) is 5.04. The lowest BCUT2D eigenvalue weighted by atomic mass is 10.3. The van der Waals surface area contributed by atoms with E-state index in [4.69, 9.17) is 4.42 Å². The summed E-state index contributed by atoms with van der Waals surface area (Å²) in [5.41, 5.74) is 1.16. The second-order valence-electron chi connectivity index (χ2n) is 3.82. The first kappa shape index (κ1) is 10.0. The van der Waals surface area contributed by atoms with Gasteiger partial charge in [0.15, 0.2) is 5.82 Å². The lowest BCUT2D eigenvalue weighted by Crippen LogP contribution is -1.81. The molecule has 2 heterocycles. The van der Waals surface area contributed by atoms with Crippen molar-refractivity contribution in [1.29, 1.82) is 0 Å². The molecule has 0 radical (unpaired) electrons. The van der Waals surface area contributed by atoms with E-state index in [1.54, 1.807) is 13.0 Å². The fourth-order valence-electron chi connectivity index (χ4n) is 1.75.